The van der Waals surface area contributed by atoms with E-state index >= 15 is 0 Å². The lowest BCUT2D eigenvalue weighted by molar-refractivity contribution is 0.0908. The van der Waals surface area contributed by atoms with Gasteiger partial charge in [0, 0.05) is 11.8 Å². The molecule has 1 aromatic heterocycles. The smallest absolute Gasteiger partial charge is 0.252 e. The molecule has 0 spiro atoms. The van der Waals surface area contributed by atoms with Crippen LogP contribution < -0.4 is 5.32 Å². The fourth-order valence-corrected chi connectivity index (χ4v) is 4.07. The zero-order valence-corrected chi connectivity index (χ0v) is 16.2. The highest BCUT2D eigenvalue weighted by Gasteiger charge is 2.28. The van der Waals surface area contributed by atoms with Crippen LogP contribution in [-0.2, 0) is 5.54 Å². The molecule has 0 saturated heterocycles. The van der Waals surface area contributed by atoms with E-state index in [2.05, 4.69) is 22.4 Å². The first kappa shape index (κ1) is 18.6. The van der Waals surface area contributed by atoms with Gasteiger partial charge in [-0.1, -0.05) is 49.9 Å². The molecule has 3 heteroatoms. The van der Waals surface area contributed by atoms with E-state index in [0.717, 1.165) is 16.8 Å². The number of aryl methyl sites for hydroxylation is 1. The second-order valence-electron chi connectivity index (χ2n) is 8.02. The van der Waals surface area contributed by atoms with Crippen molar-refractivity contribution >= 4 is 5.91 Å². The van der Waals surface area contributed by atoms with Crippen molar-refractivity contribution in [3.05, 3.63) is 65.0 Å². The topological polar surface area (TPSA) is 42.0 Å². The van der Waals surface area contributed by atoms with Crippen LogP contribution in [0.4, 0.5) is 0 Å². The number of amides is 1. The molecular weight excluding hydrogens is 320 g/mol. The third-order valence-electron chi connectivity index (χ3n) is 5.56. The molecule has 1 aromatic carbocycles. The van der Waals surface area contributed by atoms with Gasteiger partial charge < -0.3 is 5.32 Å². The molecule has 0 atom stereocenters. The maximum Gasteiger partial charge on any atom is 0.252 e. The Morgan fingerprint density at radius 1 is 1.04 bits per heavy atom. The highest BCUT2D eigenvalue weighted by molar-refractivity contribution is 5.97. The minimum atomic E-state index is -0.513. The third kappa shape index (κ3) is 4.14. The zero-order chi connectivity index (χ0) is 18.6. The minimum absolute atomic E-state index is 0.0120. The van der Waals surface area contributed by atoms with E-state index in [9.17, 15) is 4.79 Å². The molecule has 3 rings (SSSR count). The van der Waals surface area contributed by atoms with Gasteiger partial charge in [0.1, 0.15) is 0 Å². The van der Waals surface area contributed by atoms with Crippen molar-refractivity contribution in [3.63, 3.8) is 0 Å². The van der Waals surface area contributed by atoms with E-state index in [1.165, 1.54) is 44.1 Å². The van der Waals surface area contributed by atoms with Gasteiger partial charge in [0.25, 0.3) is 5.91 Å². The summed E-state index contributed by atoms with van der Waals surface area (Å²) in [5, 5.41) is 3.22. The quantitative estimate of drug-likeness (QED) is 0.741. The Bertz CT molecular complexity index is 744. The highest BCUT2D eigenvalue weighted by atomic mass is 16.1. The van der Waals surface area contributed by atoms with Crippen molar-refractivity contribution in [2.45, 2.75) is 70.8 Å². The Hall–Kier alpha value is -2.16. The number of carbonyl (C=O) groups excluding carboxylic acids is 1. The van der Waals surface area contributed by atoms with E-state index in [1.807, 2.05) is 45.0 Å². The van der Waals surface area contributed by atoms with E-state index in [-0.39, 0.29) is 5.91 Å². The number of carbonyl (C=O) groups is 1. The van der Waals surface area contributed by atoms with Crippen LogP contribution in [0.15, 0.2) is 42.6 Å². The van der Waals surface area contributed by atoms with Crippen LogP contribution >= 0.6 is 0 Å². The molecule has 0 bridgehead atoms. The van der Waals surface area contributed by atoms with Crippen molar-refractivity contribution in [3.8, 4) is 0 Å². The molecule has 26 heavy (non-hydrogen) atoms. The Morgan fingerprint density at radius 3 is 2.42 bits per heavy atom. The van der Waals surface area contributed by atoms with Crippen LogP contribution in [0.5, 0.6) is 0 Å². The number of aromatic nitrogens is 1. The number of rotatable bonds is 4. The summed E-state index contributed by atoms with van der Waals surface area (Å²) < 4.78 is 0. The van der Waals surface area contributed by atoms with E-state index in [1.54, 1.807) is 6.20 Å². The molecule has 1 aliphatic rings. The number of nitrogens with one attached hydrogen (secondary N) is 1. The Labute approximate surface area is 157 Å². The number of pyridine rings is 1. The van der Waals surface area contributed by atoms with Gasteiger partial charge in [0.2, 0.25) is 0 Å². The summed E-state index contributed by atoms with van der Waals surface area (Å²) in [7, 11) is 0. The number of hydrogen-bond donors (Lipinski definition) is 1. The summed E-state index contributed by atoms with van der Waals surface area (Å²) in [6.07, 6.45) is 9.31. The molecule has 2 aromatic rings. The average Bonchev–Trinajstić information content (AvgIpc) is 2.91. The Kier molecular flexibility index (Phi) is 5.75. The lowest BCUT2D eigenvalue weighted by Crippen LogP contribution is -2.42. The lowest BCUT2D eigenvalue weighted by Gasteiger charge is -2.28. The second-order valence-corrected chi connectivity index (χ2v) is 8.02. The van der Waals surface area contributed by atoms with Crippen LogP contribution in [0.25, 0.3) is 0 Å². The Morgan fingerprint density at radius 2 is 1.77 bits per heavy atom. The van der Waals surface area contributed by atoms with Gasteiger partial charge >= 0.3 is 0 Å². The van der Waals surface area contributed by atoms with Crippen LogP contribution in [0.3, 0.4) is 0 Å². The van der Waals surface area contributed by atoms with Gasteiger partial charge in [0.05, 0.1) is 11.2 Å². The predicted molar refractivity (Wildman–Crippen MR) is 106 cm³/mol. The summed E-state index contributed by atoms with van der Waals surface area (Å²) in [5.74, 6) is 0.508. The minimum Gasteiger partial charge on any atom is -0.342 e. The Balaban J connectivity index is 1.89. The zero-order valence-electron chi connectivity index (χ0n) is 16.2. The average molecular weight is 351 g/mol. The van der Waals surface area contributed by atoms with E-state index in [0.29, 0.717) is 5.92 Å². The van der Waals surface area contributed by atoms with Gasteiger partial charge in [-0.2, -0.15) is 0 Å². The van der Waals surface area contributed by atoms with Gasteiger partial charge in [0.15, 0.2) is 0 Å². The highest BCUT2D eigenvalue weighted by Crippen LogP contribution is 2.34. The predicted octanol–water partition coefficient (Wildman–Crippen LogP) is 5.49. The fourth-order valence-electron chi connectivity index (χ4n) is 4.07. The van der Waals surface area contributed by atoms with Crippen molar-refractivity contribution in [1.82, 2.24) is 10.3 Å². The van der Waals surface area contributed by atoms with E-state index in [4.69, 9.17) is 0 Å². The maximum absolute atomic E-state index is 13.3. The van der Waals surface area contributed by atoms with Gasteiger partial charge in [-0.3, -0.25) is 9.78 Å². The summed E-state index contributed by atoms with van der Waals surface area (Å²) >= 11 is 0. The molecule has 0 aliphatic heterocycles. The van der Waals surface area contributed by atoms with Crippen molar-refractivity contribution in [1.29, 1.82) is 0 Å². The molecule has 1 saturated carbocycles. The van der Waals surface area contributed by atoms with Crippen LogP contribution in [-0.4, -0.2) is 10.9 Å². The van der Waals surface area contributed by atoms with Crippen LogP contribution in [0.1, 0.15) is 85.5 Å². The summed E-state index contributed by atoms with van der Waals surface area (Å²) in [6.45, 7) is 6.07. The molecule has 1 amide bonds. The van der Waals surface area contributed by atoms with Crippen molar-refractivity contribution in [2.24, 2.45) is 0 Å². The van der Waals surface area contributed by atoms with Crippen molar-refractivity contribution in [2.75, 3.05) is 0 Å². The molecule has 3 nitrogen and oxygen atoms in total. The van der Waals surface area contributed by atoms with Crippen molar-refractivity contribution < 1.29 is 4.79 Å². The molecule has 1 heterocycles. The second kappa shape index (κ2) is 8.03. The van der Waals surface area contributed by atoms with Crippen LogP contribution in [0, 0.1) is 6.92 Å². The molecule has 0 radical (unpaired) electrons. The molecule has 1 fully saturated rings. The standard InChI is InChI=1S/C23H30N2O/c1-17-11-10-14-19(18-12-6-4-5-7-13-18)21(17)22(26)25-23(2,3)20-15-8-9-16-24-20/h8-11,14-16,18H,4-7,12-13H2,1-3H3,(H,25,26). The summed E-state index contributed by atoms with van der Waals surface area (Å²) in [5.41, 5.74) is 3.50. The fraction of sp³-hybridized carbons (Fsp3) is 0.478. The van der Waals surface area contributed by atoms with Gasteiger partial charge in [-0.15, -0.1) is 0 Å². The molecule has 0 unspecified atom stereocenters. The number of nitrogens with zero attached hydrogens (tertiary/aromatic N) is 1. The van der Waals surface area contributed by atoms with Gasteiger partial charge in [-0.25, -0.2) is 0 Å². The summed E-state index contributed by atoms with van der Waals surface area (Å²) in [4.78, 5) is 17.7. The van der Waals surface area contributed by atoms with Gasteiger partial charge in [-0.05, 0) is 62.8 Å². The molecular formula is C23H30N2O. The summed E-state index contributed by atoms with van der Waals surface area (Å²) in [6, 6.07) is 12.1. The first-order chi connectivity index (χ1) is 12.5. The maximum atomic E-state index is 13.3. The lowest BCUT2D eigenvalue weighted by atomic mass is 9.86. The molecule has 1 N–H and O–H groups in total. The monoisotopic (exact) mass is 350 g/mol. The van der Waals surface area contributed by atoms with Crippen LogP contribution in [0.2, 0.25) is 0 Å². The van der Waals surface area contributed by atoms with E-state index < -0.39 is 5.54 Å². The SMILES string of the molecule is Cc1cccc(C2CCCCCC2)c1C(=O)NC(C)(C)c1ccccn1. The molecule has 138 valence electrons. The third-order valence-corrected chi connectivity index (χ3v) is 5.56. The molecule has 1 aliphatic carbocycles. The first-order valence-corrected chi connectivity index (χ1v) is 9.82. The normalized spacial score (nSPS) is 16.1. The number of hydrogen-bond acceptors (Lipinski definition) is 2. The number of benzene rings is 1. The largest absolute Gasteiger partial charge is 0.342 e. The first-order valence-electron chi connectivity index (χ1n) is 9.82.